The second-order valence-corrected chi connectivity index (χ2v) is 6.82. The van der Waals surface area contributed by atoms with Crippen LogP contribution in [0.2, 0.25) is 0 Å². The maximum atomic E-state index is 5.41. The van der Waals surface area contributed by atoms with Crippen LogP contribution in [0.15, 0.2) is 65.3 Å². The van der Waals surface area contributed by atoms with Crippen molar-refractivity contribution in [3.05, 3.63) is 66.8 Å². The predicted molar refractivity (Wildman–Crippen MR) is 127 cm³/mol. The SMILES string of the molecule is COc1ccccc1Nc1cc(NN=Cc2nccn2C)nc(NN=Cc2nccn2C)n1. The number of hydrazone groups is 2. The Kier molecular flexibility index (Phi) is 6.54. The van der Waals surface area contributed by atoms with Crippen molar-refractivity contribution in [2.45, 2.75) is 0 Å². The number of hydrogen-bond acceptors (Lipinski definition) is 10. The van der Waals surface area contributed by atoms with E-state index in [2.05, 4.69) is 46.3 Å². The van der Waals surface area contributed by atoms with Crippen LogP contribution in [0.4, 0.5) is 23.3 Å². The Labute approximate surface area is 190 Å². The number of ether oxygens (including phenoxy) is 1. The van der Waals surface area contributed by atoms with Gasteiger partial charge >= 0.3 is 0 Å². The lowest BCUT2D eigenvalue weighted by atomic mass is 10.3. The summed E-state index contributed by atoms with van der Waals surface area (Å²) in [5.74, 6) is 3.28. The Morgan fingerprint density at radius 2 is 1.52 bits per heavy atom. The van der Waals surface area contributed by atoms with Gasteiger partial charge in [0.2, 0.25) is 5.95 Å². The summed E-state index contributed by atoms with van der Waals surface area (Å²) in [6.45, 7) is 0. The molecule has 0 aliphatic rings. The number of methoxy groups -OCH3 is 1. The largest absolute Gasteiger partial charge is 0.495 e. The van der Waals surface area contributed by atoms with E-state index in [1.54, 1.807) is 38.0 Å². The fourth-order valence-corrected chi connectivity index (χ4v) is 2.81. The van der Waals surface area contributed by atoms with E-state index in [4.69, 9.17) is 4.74 Å². The van der Waals surface area contributed by atoms with E-state index in [0.29, 0.717) is 29.0 Å². The van der Waals surface area contributed by atoms with Gasteiger partial charge in [0.25, 0.3) is 0 Å². The van der Waals surface area contributed by atoms with Gasteiger partial charge in [0.1, 0.15) is 11.6 Å². The first-order valence-corrected chi connectivity index (χ1v) is 9.94. The molecule has 0 amide bonds. The van der Waals surface area contributed by atoms with Crippen molar-refractivity contribution >= 4 is 35.7 Å². The standard InChI is InChI=1S/C21H23N11O/c1-31-10-8-22-19(31)13-24-29-18-12-17(26-15-6-4-5-7-16(15)33-3)27-21(28-18)30-25-14-20-23-9-11-32(20)2/h4-14H,1-3H3,(H3,26,27,28,29,30). The van der Waals surface area contributed by atoms with Crippen molar-refractivity contribution in [2.75, 3.05) is 23.3 Å². The molecular formula is C21H23N11O. The van der Waals surface area contributed by atoms with Crippen LogP contribution in [-0.2, 0) is 14.1 Å². The Hall–Kier alpha value is -4.74. The van der Waals surface area contributed by atoms with E-state index in [-0.39, 0.29) is 5.95 Å². The molecule has 3 heterocycles. The number of aromatic nitrogens is 6. The molecule has 0 aliphatic carbocycles. The second-order valence-electron chi connectivity index (χ2n) is 6.82. The number of hydrogen-bond donors (Lipinski definition) is 3. The molecule has 0 spiro atoms. The van der Waals surface area contributed by atoms with Crippen LogP contribution < -0.4 is 20.9 Å². The fourth-order valence-electron chi connectivity index (χ4n) is 2.81. The maximum absolute atomic E-state index is 5.41. The summed E-state index contributed by atoms with van der Waals surface area (Å²) in [5.41, 5.74) is 6.49. The zero-order chi connectivity index (χ0) is 23.0. The monoisotopic (exact) mass is 445 g/mol. The lowest BCUT2D eigenvalue weighted by molar-refractivity contribution is 0.417. The molecule has 0 fully saturated rings. The molecule has 33 heavy (non-hydrogen) atoms. The molecule has 0 unspecified atom stereocenters. The van der Waals surface area contributed by atoms with Gasteiger partial charge in [0, 0.05) is 44.9 Å². The highest BCUT2D eigenvalue weighted by Crippen LogP contribution is 2.27. The Bertz CT molecular complexity index is 1200. The highest BCUT2D eigenvalue weighted by atomic mass is 16.5. The molecule has 0 saturated heterocycles. The van der Waals surface area contributed by atoms with E-state index in [0.717, 1.165) is 5.69 Å². The lowest BCUT2D eigenvalue weighted by Gasteiger charge is -2.12. The topological polar surface area (TPSA) is 131 Å². The normalized spacial score (nSPS) is 11.2. The van der Waals surface area contributed by atoms with Gasteiger partial charge < -0.3 is 19.2 Å². The van der Waals surface area contributed by atoms with Crippen LogP contribution in [0.5, 0.6) is 5.75 Å². The second kappa shape index (κ2) is 10.0. The van der Waals surface area contributed by atoms with Crippen LogP contribution in [0.25, 0.3) is 0 Å². The molecule has 0 atom stereocenters. The number of anilines is 4. The number of para-hydroxylation sites is 2. The van der Waals surface area contributed by atoms with Gasteiger partial charge in [-0.3, -0.25) is 5.43 Å². The van der Waals surface area contributed by atoms with Crippen LogP contribution in [0.3, 0.4) is 0 Å². The molecule has 4 rings (SSSR count). The zero-order valence-electron chi connectivity index (χ0n) is 18.3. The first kappa shape index (κ1) is 21.5. The molecule has 0 aliphatic heterocycles. The van der Waals surface area contributed by atoms with E-state index in [9.17, 15) is 0 Å². The highest BCUT2D eigenvalue weighted by Gasteiger charge is 2.08. The molecule has 0 saturated carbocycles. The first-order valence-electron chi connectivity index (χ1n) is 9.94. The number of nitrogens with zero attached hydrogens (tertiary/aromatic N) is 8. The van der Waals surface area contributed by atoms with Crippen LogP contribution >= 0.6 is 0 Å². The average molecular weight is 445 g/mol. The summed E-state index contributed by atoms with van der Waals surface area (Å²) in [7, 11) is 5.37. The van der Waals surface area contributed by atoms with Crippen molar-refractivity contribution in [3.8, 4) is 5.75 Å². The predicted octanol–water partition coefficient (Wildman–Crippen LogP) is 2.59. The number of rotatable bonds is 9. The van der Waals surface area contributed by atoms with Gasteiger partial charge in [-0.05, 0) is 12.1 Å². The third-order valence-electron chi connectivity index (χ3n) is 4.52. The molecule has 4 aromatic rings. The van der Waals surface area contributed by atoms with Crippen molar-refractivity contribution in [3.63, 3.8) is 0 Å². The maximum Gasteiger partial charge on any atom is 0.247 e. The van der Waals surface area contributed by atoms with Crippen molar-refractivity contribution in [2.24, 2.45) is 24.3 Å². The minimum absolute atomic E-state index is 0.259. The molecule has 12 heteroatoms. The van der Waals surface area contributed by atoms with Crippen LogP contribution in [0.1, 0.15) is 11.6 Å². The Morgan fingerprint density at radius 3 is 2.15 bits per heavy atom. The summed E-state index contributed by atoms with van der Waals surface area (Å²) in [5, 5.41) is 11.6. The minimum atomic E-state index is 0.259. The average Bonchev–Trinajstić information content (AvgIpc) is 3.42. The number of imidazole rings is 2. The van der Waals surface area contributed by atoms with Gasteiger partial charge in [-0.25, -0.2) is 15.4 Å². The van der Waals surface area contributed by atoms with Crippen molar-refractivity contribution in [1.82, 2.24) is 29.1 Å². The molecule has 12 nitrogen and oxygen atoms in total. The van der Waals surface area contributed by atoms with Gasteiger partial charge in [-0.15, -0.1) is 0 Å². The zero-order valence-corrected chi connectivity index (χ0v) is 18.3. The molecule has 0 bridgehead atoms. The minimum Gasteiger partial charge on any atom is -0.495 e. The van der Waals surface area contributed by atoms with E-state index in [1.165, 1.54) is 0 Å². The lowest BCUT2D eigenvalue weighted by Crippen LogP contribution is -2.05. The molecule has 3 N–H and O–H groups in total. The summed E-state index contributed by atoms with van der Waals surface area (Å²) >= 11 is 0. The number of aryl methyl sites for hydroxylation is 2. The number of benzene rings is 1. The van der Waals surface area contributed by atoms with E-state index in [1.807, 2.05) is 59.9 Å². The molecule has 1 aromatic carbocycles. The van der Waals surface area contributed by atoms with Gasteiger partial charge in [0.05, 0.1) is 25.2 Å². The van der Waals surface area contributed by atoms with Crippen LogP contribution in [-0.4, -0.2) is 48.6 Å². The summed E-state index contributed by atoms with van der Waals surface area (Å²) in [6.07, 6.45) is 10.2. The summed E-state index contributed by atoms with van der Waals surface area (Å²) in [4.78, 5) is 17.3. The van der Waals surface area contributed by atoms with Crippen molar-refractivity contribution in [1.29, 1.82) is 0 Å². The third kappa shape index (κ3) is 5.50. The molecule has 0 radical (unpaired) electrons. The smallest absolute Gasteiger partial charge is 0.247 e. The third-order valence-corrected chi connectivity index (χ3v) is 4.52. The summed E-state index contributed by atoms with van der Waals surface area (Å²) < 4.78 is 9.09. The van der Waals surface area contributed by atoms with Gasteiger partial charge in [-0.1, -0.05) is 12.1 Å². The highest BCUT2D eigenvalue weighted by molar-refractivity contribution is 5.76. The molecule has 3 aromatic heterocycles. The molecular weight excluding hydrogens is 422 g/mol. The van der Waals surface area contributed by atoms with E-state index < -0.39 is 0 Å². The quantitative estimate of drug-likeness (QED) is 0.265. The molecule has 168 valence electrons. The Balaban J connectivity index is 1.57. The van der Waals surface area contributed by atoms with Crippen molar-refractivity contribution < 1.29 is 4.74 Å². The van der Waals surface area contributed by atoms with Gasteiger partial charge in [0.15, 0.2) is 17.5 Å². The van der Waals surface area contributed by atoms with E-state index >= 15 is 0 Å². The van der Waals surface area contributed by atoms with Gasteiger partial charge in [-0.2, -0.15) is 20.2 Å². The summed E-state index contributed by atoms with van der Waals surface area (Å²) in [6, 6.07) is 9.26. The fraction of sp³-hybridized carbons (Fsp3) is 0.143. The number of nitrogens with one attached hydrogen (secondary N) is 3. The van der Waals surface area contributed by atoms with Crippen LogP contribution in [0, 0.1) is 0 Å². The Morgan fingerprint density at radius 1 is 0.879 bits per heavy atom. The first-order chi connectivity index (χ1) is 16.1.